The van der Waals surface area contributed by atoms with Crippen molar-refractivity contribution in [3.05, 3.63) is 41.0 Å². The molecule has 0 saturated carbocycles. The zero-order chi connectivity index (χ0) is 15.5. The Morgan fingerprint density at radius 2 is 2.14 bits per heavy atom. The van der Waals surface area contributed by atoms with Crippen molar-refractivity contribution in [2.75, 3.05) is 11.9 Å². The molecule has 6 heteroatoms. The molecule has 0 unspecified atom stereocenters. The average molecular weight is 308 g/mol. The van der Waals surface area contributed by atoms with Gasteiger partial charge in [0, 0.05) is 22.2 Å². The molecule has 0 fully saturated rings. The highest BCUT2D eigenvalue weighted by Gasteiger charge is 2.17. The molecule has 2 N–H and O–H groups in total. The van der Waals surface area contributed by atoms with E-state index in [1.54, 1.807) is 24.3 Å². The van der Waals surface area contributed by atoms with Gasteiger partial charge < -0.3 is 10.1 Å². The van der Waals surface area contributed by atoms with E-state index in [1.807, 2.05) is 6.07 Å². The Morgan fingerprint density at radius 1 is 1.38 bits per heavy atom. The lowest BCUT2D eigenvalue weighted by atomic mass is 9.92. The fourth-order valence-corrected chi connectivity index (χ4v) is 1.83. The van der Waals surface area contributed by atoms with E-state index < -0.39 is 0 Å². The van der Waals surface area contributed by atoms with Crippen molar-refractivity contribution >= 4 is 23.3 Å². The van der Waals surface area contributed by atoms with Crippen molar-refractivity contribution in [1.29, 1.82) is 0 Å². The molecule has 0 bridgehead atoms. The van der Waals surface area contributed by atoms with Gasteiger partial charge in [0.1, 0.15) is 5.75 Å². The molecule has 21 heavy (non-hydrogen) atoms. The van der Waals surface area contributed by atoms with E-state index in [1.165, 1.54) is 0 Å². The zero-order valence-corrected chi connectivity index (χ0v) is 13.0. The normalized spacial score (nSPS) is 11.2. The van der Waals surface area contributed by atoms with Crippen LogP contribution in [-0.2, 0) is 10.2 Å². The second-order valence-corrected chi connectivity index (χ2v) is 6.15. The summed E-state index contributed by atoms with van der Waals surface area (Å²) < 4.78 is 5.36. The minimum atomic E-state index is -0.276. The van der Waals surface area contributed by atoms with E-state index in [-0.39, 0.29) is 17.9 Å². The number of benzene rings is 1. The molecular weight excluding hydrogens is 290 g/mol. The number of nitrogens with zero attached hydrogens (tertiary/aromatic N) is 1. The standard InChI is InChI=1S/C15H18ClN3O2/c1-15(2,3)12-8-13(19-18-12)17-14(20)9-21-11-6-4-5-10(16)7-11/h4-8H,9H2,1-3H3,(H2,17,18,19,20). The van der Waals surface area contributed by atoms with Gasteiger partial charge in [0.05, 0.1) is 0 Å². The molecule has 0 radical (unpaired) electrons. The number of H-pyrrole nitrogens is 1. The predicted octanol–water partition coefficient (Wildman–Crippen LogP) is 3.38. The van der Waals surface area contributed by atoms with E-state index >= 15 is 0 Å². The van der Waals surface area contributed by atoms with Crippen LogP contribution < -0.4 is 10.1 Å². The Kier molecular flexibility index (Phi) is 4.53. The van der Waals surface area contributed by atoms with Crippen LogP contribution in [0.2, 0.25) is 5.02 Å². The molecule has 0 spiro atoms. The number of aromatic nitrogens is 2. The first-order valence-corrected chi connectivity index (χ1v) is 6.96. The molecule has 1 aromatic heterocycles. The third kappa shape index (κ3) is 4.49. The number of hydrogen-bond donors (Lipinski definition) is 2. The second-order valence-electron chi connectivity index (χ2n) is 5.71. The van der Waals surface area contributed by atoms with Crippen LogP contribution in [-0.4, -0.2) is 22.7 Å². The maximum absolute atomic E-state index is 11.8. The zero-order valence-electron chi connectivity index (χ0n) is 12.2. The van der Waals surface area contributed by atoms with Gasteiger partial charge in [-0.3, -0.25) is 9.89 Å². The van der Waals surface area contributed by atoms with Crippen molar-refractivity contribution in [2.45, 2.75) is 26.2 Å². The van der Waals surface area contributed by atoms with Crippen LogP contribution in [0.25, 0.3) is 0 Å². The van der Waals surface area contributed by atoms with Gasteiger partial charge in [-0.15, -0.1) is 0 Å². The van der Waals surface area contributed by atoms with Crippen molar-refractivity contribution in [3.8, 4) is 5.75 Å². The largest absolute Gasteiger partial charge is 0.484 e. The Balaban J connectivity index is 1.89. The highest BCUT2D eigenvalue weighted by atomic mass is 35.5. The number of ether oxygens (including phenoxy) is 1. The number of nitrogens with one attached hydrogen (secondary N) is 2. The monoisotopic (exact) mass is 307 g/mol. The van der Waals surface area contributed by atoms with E-state index in [2.05, 4.69) is 36.3 Å². The van der Waals surface area contributed by atoms with Gasteiger partial charge in [-0.25, -0.2) is 0 Å². The summed E-state index contributed by atoms with van der Waals surface area (Å²) in [5.41, 5.74) is 0.904. The average Bonchev–Trinajstić information content (AvgIpc) is 2.85. The van der Waals surface area contributed by atoms with E-state index in [4.69, 9.17) is 16.3 Å². The maximum Gasteiger partial charge on any atom is 0.263 e. The molecule has 1 amide bonds. The fraction of sp³-hybridized carbons (Fsp3) is 0.333. The van der Waals surface area contributed by atoms with Crippen LogP contribution in [0, 0.1) is 0 Å². The minimum Gasteiger partial charge on any atom is -0.484 e. The van der Waals surface area contributed by atoms with Crippen LogP contribution in [0.4, 0.5) is 5.82 Å². The first-order chi connectivity index (χ1) is 9.84. The fourth-order valence-electron chi connectivity index (χ4n) is 1.65. The topological polar surface area (TPSA) is 67.0 Å². The summed E-state index contributed by atoms with van der Waals surface area (Å²) in [7, 11) is 0. The lowest BCUT2D eigenvalue weighted by Gasteiger charge is -2.14. The predicted molar refractivity (Wildman–Crippen MR) is 82.9 cm³/mol. The van der Waals surface area contributed by atoms with Crippen molar-refractivity contribution in [3.63, 3.8) is 0 Å². The molecule has 1 heterocycles. The Labute approximate surface area is 128 Å². The van der Waals surface area contributed by atoms with Gasteiger partial charge in [-0.05, 0) is 18.2 Å². The molecule has 0 aliphatic rings. The summed E-state index contributed by atoms with van der Waals surface area (Å²) in [6.07, 6.45) is 0. The minimum absolute atomic E-state index is 0.0483. The molecule has 2 rings (SSSR count). The third-order valence-corrected chi connectivity index (χ3v) is 3.05. The summed E-state index contributed by atoms with van der Waals surface area (Å²) in [5.74, 6) is 0.761. The van der Waals surface area contributed by atoms with Crippen LogP contribution in [0.5, 0.6) is 5.75 Å². The third-order valence-electron chi connectivity index (χ3n) is 2.82. The Hall–Kier alpha value is -2.01. The smallest absolute Gasteiger partial charge is 0.263 e. The number of carbonyl (C=O) groups excluding carboxylic acids is 1. The molecule has 0 saturated heterocycles. The SMILES string of the molecule is CC(C)(C)c1cc(NC(=O)COc2cccc(Cl)c2)n[nH]1. The summed E-state index contributed by atoms with van der Waals surface area (Å²) in [6, 6.07) is 8.72. The van der Waals surface area contributed by atoms with Gasteiger partial charge >= 0.3 is 0 Å². The lowest BCUT2D eigenvalue weighted by molar-refractivity contribution is -0.118. The maximum atomic E-state index is 11.8. The second kappa shape index (κ2) is 6.18. The number of rotatable bonds is 4. The Bertz CT molecular complexity index is 632. The number of anilines is 1. The number of halogens is 1. The summed E-state index contributed by atoms with van der Waals surface area (Å²) in [5, 5.41) is 10.2. The van der Waals surface area contributed by atoms with E-state index in [9.17, 15) is 4.79 Å². The Morgan fingerprint density at radius 3 is 2.76 bits per heavy atom. The van der Waals surface area contributed by atoms with Crippen LogP contribution in [0.3, 0.4) is 0 Å². The first-order valence-electron chi connectivity index (χ1n) is 6.59. The molecule has 0 aliphatic heterocycles. The molecule has 112 valence electrons. The molecular formula is C15H18ClN3O2. The molecule has 0 aliphatic carbocycles. The van der Waals surface area contributed by atoms with Gasteiger partial charge in [0.2, 0.25) is 0 Å². The van der Waals surface area contributed by atoms with Crippen LogP contribution in [0.15, 0.2) is 30.3 Å². The molecule has 2 aromatic rings. The quantitative estimate of drug-likeness (QED) is 0.910. The molecule has 0 atom stereocenters. The number of aromatic amines is 1. The van der Waals surface area contributed by atoms with Gasteiger partial charge in [0.15, 0.2) is 12.4 Å². The van der Waals surface area contributed by atoms with Crippen molar-refractivity contribution in [2.24, 2.45) is 0 Å². The molecule has 5 nitrogen and oxygen atoms in total. The van der Waals surface area contributed by atoms with E-state index in [0.29, 0.717) is 16.6 Å². The van der Waals surface area contributed by atoms with Crippen molar-refractivity contribution < 1.29 is 9.53 Å². The summed E-state index contributed by atoms with van der Waals surface area (Å²) in [6.45, 7) is 6.09. The summed E-state index contributed by atoms with van der Waals surface area (Å²) >= 11 is 5.84. The highest BCUT2D eigenvalue weighted by molar-refractivity contribution is 6.30. The highest BCUT2D eigenvalue weighted by Crippen LogP contribution is 2.22. The van der Waals surface area contributed by atoms with Crippen LogP contribution >= 0.6 is 11.6 Å². The lowest BCUT2D eigenvalue weighted by Crippen LogP contribution is -2.20. The number of hydrogen-bond acceptors (Lipinski definition) is 3. The first kappa shape index (κ1) is 15.4. The number of amides is 1. The van der Waals surface area contributed by atoms with Crippen molar-refractivity contribution in [1.82, 2.24) is 10.2 Å². The van der Waals surface area contributed by atoms with Gasteiger partial charge in [-0.2, -0.15) is 5.10 Å². The van der Waals surface area contributed by atoms with Crippen LogP contribution in [0.1, 0.15) is 26.5 Å². The summed E-state index contributed by atoms with van der Waals surface area (Å²) in [4.78, 5) is 11.8. The van der Waals surface area contributed by atoms with E-state index in [0.717, 1.165) is 5.69 Å². The van der Waals surface area contributed by atoms with Gasteiger partial charge in [0.25, 0.3) is 5.91 Å². The number of carbonyl (C=O) groups is 1. The molecule has 1 aromatic carbocycles. The van der Waals surface area contributed by atoms with Gasteiger partial charge in [-0.1, -0.05) is 38.4 Å².